The fourth-order valence-corrected chi connectivity index (χ4v) is 2.37. The molecule has 0 atom stereocenters. The van der Waals surface area contributed by atoms with Crippen molar-refractivity contribution >= 4 is 25.9 Å². The molecule has 5 heteroatoms. The van der Waals surface area contributed by atoms with Crippen molar-refractivity contribution < 1.29 is 14.0 Å². The van der Waals surface area contributed by atoms with Gasteiger partial charge in [-0.05, 0) is 31.8 Å². The van der Waals surface area contributed by atoms with Crippen molar-refractivity contribution in [2.24, 2.45) is 0 Å². The first-order chi connectivity index (χ1) is 8.83. The Morgan fingerprint density at radius 3 is 2.21 bits per heavy atom. The third kappa shape index (κ3) is 5.26. The van der Waals surface area contributed by atoms with Gasteiger partial charge in [-0.1, -0.05) is 25.1 Å². The maximum absolute atomic E-state index is 11.9. The minimum Gasteiger partial charge on any atom is -0.519 e. The molecule has 0 bridgehead atoms. The van der Waals surface area contributed by atoms with Crippen LogP contribution in [0.2, 0.25) is 19.6 Å². The quantitative estimate of drug-likeness (QED) is 0.779. The van der Waals surface area contributed by atoms with E-state index >= 15 is 0 Å². The number of nitrogens with zero attached hydrogens (tertiary/aromatic N) is 1. The summed E-state index contributed by atoms with van der Waals surface area (Å²) in [7, 11) is -1.92. The van der Waals surface area contributed by atoms with E-state index in [1.165, 1.54) is 4.90 Å². The lowest BCUT2D eigenvalue weighted by molar-refractivity contribution is -0.135. The summed E-state index contributed by atoms with van der Waals surface area (Å²) in [5.41, 5.74) is 0.724. The molecule has 0 N–H and O–H groups in total. The average molecular weight is 279 g/mol. The van der Waals surface area contributed by atoms with Gasteiger partial charge in [0.05, 0.1) is 0 Å². The molecule has 0 aliphatic heterocycles. The van der Waals surface area contributed by atoms with Crippen LogP contribution in [0, 0.1) is 0 Å². The van der Waals surface area contributed by atoms with Crippen LogP contribution >= 0.6 is 0 Å². The van der Waals surface area contributed by atoms with E-state index in [2.05, 4.69) is 0 Å². The van der Waals surface area contributed by atoms with Gasteiger partial charge in [0.15, 0.2) is 0 Å². The van der Waals surface area contributed by atoms with Crippen LogP contribution in [0.4, 0.5) is 5.69 Å². The maximum atomic E-state index is 11.9. The van der Waals surface area contributed by atoms with E-state index in [1.54, 1.807) is 6.92 Å². The number of hydrogen-bond donors (Lipinski definition) is 0. The average Bonchev–Trinajstić information content (AvgIpc) is 2.34. The molecule has 0 heterocycles. The molecule has 0 aromatic heterocycles. The van der Waals surface area contributed by atoms with E-state index in [0.29, 0.717) is 6.42 Å². The first-order valence-corrected chi connectivity index (χ1v) is 9.81. The summed E-state index contributed by atoms with van der Waals surface area (Å²) in [6, 6.07) is 9.19. The molecule has 0 saturated heterocycles. The summed E-state index contributed by atoms with van der Waals surface area (Å²) in [5.74, 6) is -0.427. The maximum Gasteiger partial charge on any atom is 0.312 e. The second-order valence-corrected chi connectivity index (χ2v) is 9.68. The molecule has 1 amide bonds. The van der Waals surface area contributed by atoms with Gasteiger partial charge in [-0.2, -0.15) is 0 Å². The molecule has 104 valence electrons. The van der Waals surface area contributed by atoms with E-state index in [1.807, 2.05) is 50.0 Å². The number of carbonyl (C=O) groups excluding carboxylic acids is 2. The number of rotatable bonds is 5. The molecule has 4 nitrogen and oxygen atoms in total. The fourth-order valence-electron chi connectivity index (χ4n) is 1.63. The molecule has 0 spiro atoms. The lowest BCUT2D eigenvalue weighted by Gasteiger charge is -2.24. The van der Waals surface area contributed by atoms with Crippen LogP contribution in [0.5, 0.6) is 0 Å². The topological polar surface area (TPSA) is 46.6 Å². The Morgan fingerprint density at radius 2 is 1.74 bits per heavy atom. The standard InChI is InChI=1S/C14H21NO3Si/c1-5-13(16)15(12-9-7-6-8-10-12)11-14(17)18-19(2,3)4/h6-10H,5,11H2,1-4H3. The van der Waals surface area contributed by atoms with Gasteiger partial charge in [-0.3, -0.25) is 9.59 Å². The zero-order chi connectivity index (χ0) is 14.5. The van der Waals surface area contributed by atoms with Gasteiger partial charge in [-0.15, -0.1) is 0 Å². The Hall–Kier alpha value is -1.62. The Morgan fingerprint density at radius 1 is 1.16 bits per heavy atom. The van der Waals surface area contributed by atoms with Gasteiger partial charge >= 0.3 is 5.97 Å². The summed E-state index contributed by atoms with van der Waals surface area (Å²) in [6.45, 7) is 7.58. The highest BCUT2D eigenvalue weighted by molar-refractivity contribution is 6.71. The molecule has 0 saturated carbocycles. The van der Waals surface area contributed by atoms with E-state index in [-0.39, 0.29) is 18.4 Å². The molecule has 1 aromatic carbocycles. The third-order valence-electron chi connectivity index (χ3n) is 2.38. The molecule has 1 aromatic rings. The van der Waals surface area contributed by atoms with Crippen molar-refractivity contribution in [3.63, 3.8) is 0 Å². The number of carbonyl (C=O) groups is 2. The van der Waals surface area contributed by atoms with Crippen LogP contribution in [0.1, 0.15) is 13.3 Å². The summed E-state index contributed by atoms with van der Waals surface area (Å²) in [4.78, 5) is 25.3. The van der Waals surface area contributed by atoms with E-state index < -0.39 is 8.32 Å². The van der Waals surface area contributed by atoms with Gasteiger partial charge < -0.3 is 9.33 Å². The molecular weight excluding hydrogens is 258 g/mol. The van der Waals surface area contributed by atoms with Gasteiger partial charge in [0, 0.05) is 12.1 Å². The lowest BCUT2D eigenvalue weighted by Crippen LogP contribution is -2.40. The zero-order valence-electron chi connectivity index (χ0n) is 12.0. The highest BCUT2D eigenvalue weighted by Gasteiger charge is 2.23. The van der Waals surface area contributed by atoms with Crippen LogP contribution in [0.3, 0.4) is 0 Å². The third-order valence-corrected chi connectivity index (χ3v) is 3.22. The highest BCUT2D eigenvalue weighted by Crippen LogP contribution is 2.15. The van der Waals surface area contributed by atoms with Crippen molar-refractivity contribution in [3.8, 4) is 0 Å². The van der Waals surface area contributed by atoms with E-state index in [0.717, 1.165) is 5.69 Å². The first kappa shape index (κ1) is 15.4. The molecule has 0 fully saturated rings. The van der Waals surface area contributed by atoms with Crippen LogP contribution in [-0.2, 0) is 14.0 Å². The number of amides is 1. The van der Waals surface area contributed by atoms with Crippen LogP contribution in [0.25, 0.3) is 0 Å². The summed E-state index contributed by atoms with van der Waals surface area (Å²) in [6.07, 6.45) is 0.356. The van der Waals surface area contributed by atoms with Gasteiger partial charge in [0.25, 0.3) is 0 Å². The lowest BCUT2D eigenvalue weighted by atomic mass is 10.2. The predicted molar refractivity (Wildman–Crippen MR) is 78.5 cm³/mol. The molecule has 19 heavy (non-hydrogen) atoms. The van der Waals surface area contributed by atoms with Crippen LogP contribution in [-0.4, -0.2) is 26.7 Å². The summed E-state index contributed by atoms with van der Waals surface area (Å²) < 4.78 is 5.39. The Kier molecular flexibility index (Phi) is 5.29. The fraction of sp³-hybridized carbons (Fsp3) is 0.429. The van der Waals surface area contributed by atoms with Crippen molar-refractivity contribution in [2.45, 2.75) is 33.0 Å². The highest BCUT2D eigenvalue weighted by atomic mass is 28.4. The number of benzene rings is 1. The molecule has 0 radical (unpaired) electrons. The normalized spacial score (nSPS) is 10.9. The molecular formula is C14H21NO3Si. The van der Waals surface area contributed by atoms with Gasteiger partial charge in [0.1, 0.15) is 6.54 Å². The van der Waals surface area contributed by atoms with Crippen molar-refractivity contribution in [1.29, 1.82) is 0 Å². The largest absolute Gasteiger partial charge is 0.519 e. The molecule has 1 rings (SSSR count). The molecule has 0 aliphatic carbocycles. The summed E-state index contributed by atoms with van der Waals surface area (Å²) in [5, 5.41) is 0. The number of hydrogen-bond acceptors (Lipinski definition) is 3. The zero-order valence-corrected chi connectivity index (χ0v) is 13.0. The molecule has 0 aliphatic rings. The second-order valence-electron chi connectivity index (χ2n) is 5.26. The second kappa shape index (κ2) is 6.52. The Balaban J connectivity index is 2.83. The van der Waals surface area contributed by atoms with Crippen LogP contribution < -0.4 is 4.90 Å². The minimum atomic E-state index is -1.92. The SMILES string of the molecule is CCC(=O)N(CC(=O)O[Si](C)(C)C)c1ccccc1. The van der Waals surface area contributed by atoms with Crippen molar-refractivity contribution in [1.82, 2.24) is 0 Å². The van der Waals surface area contributed by atoms with Gasteiger partial charge in [0.2, 0.25) is 14.2 Å². The van der Waals surface area contributed by atoms with E-state index in [9.17, 15) is 9.59 Å². The Bertz CT molecular complexity index is 440. The minimum absolute atomic E-state index is 0.0268. The predicted octanol–water partition coefficient (Wildman–Crippen LogP) is 2.81. The Labute approximate surface area is 115 Å². The number of anilines is 1. The molecule has 0 unspecified atom stereocenters. The summed E-state index contributed by atoms with van der Waals surface area (Å²) >= 11 is 0. The number of para-hydroxylation sites is 1. The smallest absolute Gasteiger partial charge is 0.312 e. The monoisotopic (exact) mass is 279 g/mol. The van der Waals surface area contributed by atoms with Crippen molar-refractivity contribution in [3.05, 3.63) is 30.3 Å². The van der Waals surface area contributed by atoms with E-state index in [4.69, 9.17) is 4.43 Å². The van der Waals surface area contributed by atoms with Crippen LogP contribution in [0.15, 0.2) is 30.3 Å². The van der Waals surface area contributed by atoms with Crippen molar-refractivity contribution in [2.75, 3.05) is 11.4 Å². The van der Waals surface area contributed by atoms with Gasteiger partial charge in [-0.25, -0.2) is 0 Å². The first-order valence-electron chi connectivity index (χ1n) is 6.40.